The topological polar surface area (TPSA) is 189 Å². The van der Waals surface area contributed by atoms with Crippen LogP contribution < -0.4 is 32.3 Å². The van der Waals surface area contributed by atoms with Crippen LogP contribution in [0.1, 0.15) is 50.3 Å². The van der Waals surface area contributed by atoms with Gasteiger partial charge in [0.1, 0.15) is 18.1 Å². The van der Waals surface area contributed by atoms with Crippen molar-refractivity contribution in [3.8, 4) is 0 Å². The number of nitrogens with zero attached hydrogens (tertiary/aromatic N) is 2. The van der Waals surface area contributed by atoms with E-state index in [0.29, 0.717) is 25.0 Å². The first-order valence-corrected chi connectivity index (χ1v) is 13.9. The highest BCUT2D eigenvalue weighted by molar-refractivity contribution is 5.95. The standard InChI is InChI=1S/C28H40N8O5/c1-3-4-11-20-26(39)35-24(29)28(41)34-22(15-19-16-30-17-36(19)2)25(38)31-13-8-12-23(37)32-21(27(40)33-20)14-18-9-6-5-7-10-18/h5-7,9-10,16-17,20-22,24H,3-4,8,11-15,29H2,1-2H3,(H,31,38)(H,32,37)(H,33,40)(H,34,41)(H,35,39)/t20?,21-,22-,24+/m0/s1. The number of unbranched alkanes of at least 4 members (excludes halogenated alkanes) is 1. The molecule has 1 fully saturated rings. The number of amides is 5. The van der Waals surface area contributed by atoms with Crippen LogP contribution >= 0.6 is 0 Å². The maximum atomic E-state index is 13.4. The van der Waals surface area contributed by atoms with Gasteiger partial charge in [-0.1, -0.05) is 50.1 Å². The molecule has 1 unspecified atom stereocenters. The molecule has 222 valence electrons. The number of nitrogens with two attached hydrogens (primary N) is 1. The molecule has 0 radical (unpaired) electrons. The average molecular weight is 569 g/mol. The lowest BCUT2D eigenvalue weighted by molar-refractivity contribution is -0.134. The Hall–Kier alpha value is -4.26. The van der Waals surface area contributed by atoms with Crippen molar-refractivity contribution in [3.63, 3.8) is 0 Å². The van der Waals surface area contributed by atoms with Crippen molar-refractivity contribution in [2.75, 3.05) is 6.54 Å². The van der Waals surface area contributed by atoms with E-state index in [0.717, 1.165) is 12.0 Å². The molecule has 13 nitrogen and oxygen atoms in total. The first-order chi connectivity index (χ1) is 19.7. The third-order valence-corrected chi connectivity index (χ3v) is 6.84. The summed E-state index contributed by atoms with van der Waals surface area (Å²) in [5.41, 5.74) is 7.55. The lowest BCUT2D eigenvalue weighted by Crippen LogP contribution is -2.61. The normalized spacial score (nSPS) is 23.4. The molecule has 4 atom stereocenters. The molecule has 0 saturated carbocycles. The first kappa shape index (κ1) is 31.3. The van der Waals surface area contributed by atoms with Gasteiger partial charge in [0.15, 0.2) is 6.17 Å². The predicted octanol–water partition coefficient (Wildman–Crippen LogP) is -0.839. The van der Waals surface area contributed by atoms with E-state index in [1.54, 1.807) is 24.1 Å². The van der Waals surface area contributed by atoms with Crippen molar-refractivity contribution in [1.82, 2.24) is 36.1 Å². The van der Waals surface area contributed by atoms with Crippen molar-refractivity contribution in [3.05, 3.63) is 54.1 Å². The van der Waals surface area contributed by atoms with Crippen molar-refractivity contribution >= 4 is 29.5 Å². The highest BCUT2D eigenvalue weighted by Gasteiger charge is 2.30. The quantitative estimate of drug-likeness (QED) is 0.251. The Morgan fingerprint density at radius 3 is 2.24 bits per heavy atom. The highest BCUT2D eigenvalue weighted by atomic mass is 16.2. The summed E-state index contributed by atoms with van der Waals surface area (Å²) in [7, 11) is 1.76. The molecule has 0 spiro atoms. The highest BCUT2D eigenvalue weighted by Crippen LogP contribution is 2.08. The summed E-state index contributed by atoms with van der Waals surface area (Å²) in [5.74, 6) is -2.76. The summed E-state index contributed by atoms with van der Waals surface area (Å²) < 4.78 is 1.72. The van der Waals surface area contributed by atoms with Gasteiger partial charge in [0.05, 0.1) is 6.33 Å². The summed E-state index contributed by atoms with van der Waals surface area (Å²) in [5, 5.41) is 13.3. The molecule has 7 N–H and O–H groups in total. The zero-order valence-corrected chi connectivity index (χ0v) is 23.5. The second kappa shape index (κ2) is 15.5. The van der Waals surface area contributed by atoms with Crippen LogP contribution in [-0.2, 0) is 43.9 Å². The number of imidazole rings is 1. The molecule has 1 saturated heterocycles. The number of carbonyl (C=O) groups excluding carboxylic acids is 5. The smallest absolute Gasteiger partial charge is 0.258 e. The number of aryl methyl sites for hydroxylation is 1. The van der Waals surface area contributed by atoms with Gasteiger partial charge >= 0.3 is 0 Å². The first-order valence-electron chi connectivity index (χ1n) is 13.9. The average Bonchev–Trinajstić information content (AvgIpc) is 3.36. The molecular formula is C28H40N8O5. The number of hydrogen-bond acceptors (Lipinski definition) is 7. The van der Waals surface area contributed by atoms with Crippen LogP contribution in [0, 0.1) is 0 Å². The minimum absolute atomic E-state index is 0.0578. The fourth-order valence-electron chi connectivity index (χ4n) is 4.44. The largest absolute Gasteiger partial charge is 0.354 e. The second-order valence-corrected chi connectivity index (χ2v) is 10.2. The molecule has 1 aliphatic rings. The van der Waals surface area contributed by atoms with E-state index < -0.39 is 47.9 Å². The van der Waals surface area contributed by atoms with Crippen LogP contribution in [0.2, 0.25) is 0 Å². The van der Waals surface area contributed by atoms with Gasteiger partial charge in [0.25, 0.3) is 5.91 Å². The lowest BCUT2D eigenvalue weighted by atomic mass is 10.0. The molecule has 0 aliphatic carbocycles. The maximum Gasteiger partial charge on any atom is 0.258 e. The van der Waals surface area contributed by atoms with Gasteiger partial charge in [-0.05, 0) is 18.4 Å². The minimum atomic E-state index is -1.47. The van der Waals surface area contributed by atoms with E-state index in [-0.39, 0.29) is 31.7 Å². The summed E-state index contributed by atoms with van der Waals surface area (Å²) in [6.07, 6.45) is 4.10. The molecule has 2 aromatic rings. The van der Waals surface area contributed by atoms with E-state index >= 15 is 0 Å². The van der Waals surface area contributed by atoms with Crippen LogP contribution in [-0.4, -0.2) is 69.9 Å². The molecule has 0 bridgehead atoms. The van der Waals surface area contributed by atoms with Crippen LogP contribution in [0.5, 0.6) is 0 Å². The number of benzene rings is 1. The third kappa shape index (κ3) is 9.71. The van der Waals surface area contributed by atoms with Crippen LogP contribution in [0.3, 0.4) is 0 Å². The molecule has 1 aliphatic heterocycles. The van der Waals surface area contributed by atoms with Crippen molar-refractivity contribution < 1.29 is 24.0 Å². The molecular weight excluding hydrogens is 528 g/mol. The summed E-state index contributed by atoms with van der Waals surface area (Å²) in [4.78, 5) is 69.4. The Labute approximate surface area is 239 Å². The Morgan fingerprint density at radius 2 is 1.56 bits per heavy atom. The third-order valence-electron chi connectivity index (χ3n) is 6.84. The Kier molecular flexibility index (Phi) is 11.8. The SMILES string of the molecule is CCCCC1NC(=O)[C@H](Cc2ccccc2)NC(=O)CCCNC(=O)[C@H](Cc2cncn2C)NC(=O)[C@H](N)NC1=O. The fourth-order valence-corrected chi connectivity index (χ4v) is 4.44. The maximum absolute atomic E-state index is 13.4. The molecule has 3 rings (SSSR count). The van der Waals surface area contributed by atoms with Crippen LogP contribution in [0.15, 0.2) is 42.9 Å². The molecule has 13 heteroatoms. The number of rotatable bonds is 7. The van der Waals surface area contributed by atoms with Crippen molar-refractivity contribution in [2.24, 2.45) is 12.8 Å². The van der Waals surface area contributed by atoms with Gasteiger partial charge in [0.2, 0.25) is 23.6 Å². The van der Waals surface area contributed by atoms with Crippen LogP contribution in [0.4, 0.5) is 0 Å². The van der Waals surface area contributed by atoms with E-state index in [1.807, 2.05) is 37.3 Å². The number of carbonyl (C=O) groups is 5. The van der Waals surface area contributed by atoms with Gasteiger partial charge in [-0.3, -0.25) is 24.0 Å². The predicted molar refractivity (Wildman–Crippen MR) is 151 cm³/mol. The molecule has 5 amide bonds. The lowest BCUT2D eigenvalue weighted by Gasteiger charge is -2.25. The summed E-state index contributed by atoms with van der Waals surface area (Å²) >= 11 is 0. The Morgan fingerprint density at radius 1 is 0.878 bits per heavy atom. The minimum Gasteiger partial charge on any atom is -0.354 e. The molecule has 41 heavy (non-hydrogen) atoms. The van der Waals surface area contributed by atoms with Gasteiger partial charge in [-0.15, -0.1) is 0 Å². The summed E-state index contributed by atoms with van der Waals surface area (Å²) in [6.45, 7) is 2.12. The number of hydrogen-bond donors (Lipinski definition) is 6. The van der Waals surface area contributed by atoms with Crippen LogP contribution in [0.25, 0.3) is 0 Å². The monoisotopic (exact) mass is 568 g/mol. The molecule has 1 aromatic carbocycles. The van der Waals surface area contributed by atoms with Crippen molar-refractivity contribution in [1.29, 1.82) is 0 Å². The van der Waals surface area contributed by atoms with E-state index in [9.17, 15) is 24.0 Å². The van der Waals surface area contributed by atoms with E-state index in [4.69, 9.17) is 5.73 Å². The Balaban J connectivity index is 1.84. The van der Waals surface area contributed by atoms with Gasteiger partial charge in [-0.2, -0.15) is 0 Å². The van der Waals surface area contributed by atoms with Gasteiger partial charge in [-0.25, -0.2) is 4.98 Å². The summed E-state index contributed by atoms with van der Waals surface area (Å²) in [6, 6.07) is 6.29. The number of aromatic nitrogens is 2. The van der Waals surface area contributed by atoms with Gasteiger partial charge in [0, 0.05) is 44.7 Å². The van der Waals surface area contributed by atoms with E-state index in [2.05, 4.69) is 31.6 Å². The fraction of sp³-hybridized carbons (Fsp3) is 0.500. The molecule has 2 heterocycles. The Bertz CT molecular complexity index is 1200. The second-order valence-electron chi connectivity index (χ2n) is 10.2. The zero-order valence-electron chi connectivity index (χ0n) is 23.5. The molecule has 1 aromatic heterocycles. The van der Waals surface area contributed by atoms with Crippen molar-refractivity contribution in [2.45, 2.75) is 76.2 Å². The zero-order chi connectivity index (χ0) is 29.8. The number of nitrogens with one attached hydrogen (secondary N) is 5. The van der Waals surface area contributed by atoms with Gasteiger partial charge < -0.3 is 36.9 Å². The van der Waals surface area contributed by atoms with E-state index in [1.165, 1.54) is 0 Å².